The van der Waals surface area contributed by atoms with Gasteiger partial charge in [0.05, 0.1) is 6.04 Å². The first-order valence-corrected chi connectivity index (χ1v) is 6.92. The Morgan fingerprint density at radius 2 is 1.90 bits per heavy atom. The molecule has 0 amide bonds. The van der Waals surface area contributed by atoms with E-state index in [0.29, 0.717) is 10.0 Å². The van der Waals surface area contributed by atoms with Crippen molar-refractivity contribution < 1.29 is 17.9 Å². The largest absolute Gasteiger partial charge is 0.573 e. The molecule has 0 saturated carbocycles. The summed E-state index contributed by atoms with van der Waals surface area (Å²) in [6.45, 7) is 0. The summed E-state index contributed by atoms with van der Waals surface area (Å²) in [7, 11) is 0. The third kappa shape index (κ3) is 4.66. The number of alkyl halides is 3. The van der Waals surface area contributed by atoms with Crippen molar-refractivity contribution in [2.24, 2.45) is 5.73 Å². The normalized spacial score (nSPS) is 12.7. The molecule has 0 bridgehead atoms. The molecule has 8 heteroatoms. The zero-order valence-electron chi connectivity index (χ0n) is 9.86. The van der Waals surface area contributed by atoms with Gasteiger partial charge in [-0.2, -0.15) is 11.3 Å². The molecule has 110 valence electrons. The Bertz CT molecular complexity index is 562. The zero-order chi connectivity index (χ0) is 14.0. The molecule has 1 atom stereocenters. The van der Waals surface area contributed by atoms with Crippen LogP contribution in [-0.4, -0.2) is 6.36 Å². The Hall–Kier alpha value is -0.760. The van der Waals surface area contributed by atoms with Gasteiger partial charge in [-0.1, -0.05) is 15.9 Å². The van der Waals surface area contributed by atoms with Crippen molar-refractivity contribution in [3.8, 4) is 5.75 Å². The van der Waals surface area contributed by atoms with Gasteiger partial charge in [0, 0.05) is 4.47 Å². The van der Waals surface area contributed by atoms with Crippen LogP contribution in [0.5, 0.6) is 5.75 Å². The van der Waals surface area contributed by atoms with E-state index in [1.54, 1.807) is 6.07 Å². The minimum absolute atomic E-state index is 0. The van der Waals surface area contributed by atoms with Gasteiger partial charge >= 0.3 is 6.36 Å². The molecule has 20 heavy (non-hydrogen) atoms. The van der Waals surface area contributed by atoms with Crippen LogP contribution in [0.15, 0.2) is 39.5 Å². The molecule has 1 aromatic heterocycles. The highest BCUT2D eigenvalue weighted by Crippen LogP contribution is 2.31. The average Bonchev–Trinajstić information content (AvgIpc) is 2.77. The Kier molecular flexibility index (Phi) is 5.88. The fourth-order valence-electron chi connectivity index (χ4n) is 1.60. The Balaban J connectivity index is 0.00000200. The Morgan fingerprint density at radius 1 is 1.20 bits per heavy atom. The van der Waals surface area contributed by atoms with Crippen molar-refractivity contribution in [3.63, 3.8) is 0 Å². The van der Waals surface area contributed by atoms with Crippen LogP contribution in [0.25, 0.3) is 0 Å². The minimum Gasteiger partial charge on any atom is -0.406 e. The third-order valence-corrected chi connectivity index (χ3v) is 3.55. The highest BCUT2D eigenvalue weighted by atomic mass is 79.9. The van der Waals surface area contributed by atoms with E-state index >= 15 is 0 Å². The summed E-state index contributed by atoms with van der Waals surface area (Å²) < 4.78 is 41.0. The zero-order valence-corrected chi connectivity index (χ0v) is 13.1. The van der Waals surface area contributed by atoms with Crippen LogP contribution in [0.1, 0.15) is 17.2 Å². The maximum absolute atomic E-state index is 12.2. The monoisotopic (exact) mass is 387 g/mol. The molecule has 0 unspecified atom stereocenters. The summed E-state index contributed by atoms with van der Waals surface area (Å²) in [5.74, 6) is -0.289. The van der Waals surface area contributed by atoms with Crippen molar-refractivity contribution in [1.82, 2.24) is 0 Å². The van der Waals surface area contributed by atoms with E-state index in [9.17, 15) is 13.2 Å². The molecule has 0 aliphatic carbocycles. The van der Waals surface area contributed by atoms with Gasteiger partial charge in [0.1, 0.15) is 5.75 Å². The number of nitrogens with two attached hydrogens (primary N) is 1. The first kappa shape index (κ1) is 17.3. The van der Waals surface area contributed by atoms with Crippen molar-refractivity contribution in [2.45, 2.75) is 12.4 Å². The summed E-state index contributed by atoms with van der Waals surface area (Å²) in [6, 6.07) is 5.56. The van der Waals surface area contributed by atoms with Crippen molar-refractivity contribution in [3.05, 3.63) is 50.6 Å². The van der Waals surface area contributed by atoms with Crippen LogP contribution in [-0.2, 0) is 0 Å². The fourth-order valence-corrected chi connectivity index (χ4v) is 2.79. The molecule has 0 fully saturated rings. The molecular weight excluding hydrogens is 379 g/mol. The lowest BCUT2D eigenvalue weighted by molar-refractivity contribution is -0.274. The predicted molar refractivity (Wildman–Crippen MR) is 78.4 cm³/mol. The second-order valence-corrected chi connectivity index (χ2v) is 5.50. The van der Waals surface area contributed by atoms with Gasteiger partial charge in [-0.25, -0.2) is 0 Å². The summed E-state index contributed by atoms with van der Waals surface area (Å²) in [4.78, 5) is 0. The lowest BCUT2D eigenvalue weighted by Crippen LogP contribution is -2.18. The standard InChI is InChI=1S/C12H9BrF3NOS.ClH/c13-9-3-8(11(17)7-1-2-19-6-7)4-10(5-9)18-12(14,15)16;/h1-6,11H,17H2;1H/t11-;/m0./s1. The van der Waals surface area contributed by atoms with Crippen molar-refractivity contribution in [2.75, 3.05) is 0 Å². The van der Waals surface area contributed by atoms with Crippen LogP contribution in [0.2, 0.25) is 0 Å². The quantitative estimate of drug-likeness (QED) is 0.813. The second-order valence-electron chi connectivity index (χ2n) is 3.80. The number of hydrogen-bond acceptors (Lipinski definition) is 3. The van der Waals surface area contributed by atoms with Gasteiger partial charge in [0.15, 0.2) is 0 Å². The van der Waals surface area contributed by atoms with Crippen molar-refractivity contribution in [1.29, 1.82) is 0 Å². The first-order valence-electron chi connectivity index (χ1n) is 5.19. The van der Waals surface area contributed by atoms with E-state index in [-0.39, 0.29) is 18.2 Å². The van der Waals surface area contributed by atoms with Crippen molar-refractivity contribution >= 4 is 39.7 Å². The molecule has 2 aromatic rings. The number of benzene rings is 1. The van der Waals surface area contributed by atoms with E-state index < -0.39 is 12.4 Å². The van der Waals surface area contributed by atoms with Crippen LogP contribution in [0.4, 0.5) is 13.2 Å². The molecule has 0 aliphatic heterocycles. The highest BCUT2D eigenvalue weighted by molar-refractivity contribution is 9.10. The molecule has 1 aromatic carbocycles. The summed E-state index contributed by atoms with van der Waals surface area (Å²) >= 11 is 4.63. The minimum atomic E-state index is -4.72. The summed E-state index contributed by atoms with van der Waals surface area (Å²) in [5, 5.41) is 3.72. The van der Waals surface area contributed by atoms with E-state index in [2.05, 4.69) is 20.7 Å². The second kappa shape index (κ2) is 6.80. The van der Waals surface area contributed by atoms with Gasteiger partial charge in [-0.05, 0) is 46.2 Å². The highest BCUT2D eigenvalue weighted by Gasteiger charge is 2.31. The SMILES string of the molecule is Cl.N[C@@H](c1ccsc1)c1cc(Br)cc(OC(F)(F)F)c1. The first-order chi connectivity index (χ1) is 8.85. The number of hydrogen-bond donors (Lipinski definition) is 1. The predicted octanol–water partition coefficient (Wildman–Crippen LogP) is 4.88. The van der Waals surface area contributed by atoms with Gasteiger partial charge in [-0.15, -0.1) is 25.6 Å². The summed E-state index contributed by atoms with van der Waals surface area (Å²) in [6.07, 6.45) is -4.72. The Morgan fingerprint density at radius 3 is 2.45 bits per heavy atom. The van der Waals surface area contributed by atoms with Gasteiger partial charge in [0.25, 0.3) is 0 Å². The molecule has 0 spiro atoms. The number of thiophene rings is 1. The fraction of sp³-hybridized carbons (Fsp3) is 0.167. The van der Waals surface area contributed by atoms with Crippen LogP contribution in [0, 0.1) is 0 Å². The van der Waals surface area contributed by atoms with Crippen LogP contribution >= 0.6 is 39.7 Å². The van der Waals surface area contributed by atoms with E-state index in [4.69, 9.17) is 5.73 Å². The third-order valence-electron chi connectivity index (χ3n) is 2.39. The van der Waals surface area contributed by atoms with E-state index in [0.717, 1.165) is 5.56 Å². The maximum Gasteiger partial charge on any atom is 0.573 e. The molecule has 0 radical (unpaired) electrons. The number of rotatable bonds is 3. The van der Waals surface area contributed by atoms with Gasteiger partial charge in [0.2, 0.25) is 0 Å². The van der Waals surface area contributed by atoms with Crippen LogP contribution < -0.4 is 10.5 Å². The lowest BCUT2D eigenvalue weighted by Gasteiger charge is -2.14. The van der Waals surface area contributed by atoms with Gasteiger partial charge in [-0.3, -0.25) is 0 Å². The van der Waals surface area contributed by atoms with Crippen LogP contribution in [0.3, 0.4) is 0 Å². The summed E-state index contributed by atoms with van der Waals surface area (Å²) in [5.41, 5.74) is 7.41. The molecule has 0 saturated heterocycles. The number of halogens is 5. The average molecular weight is 389 g/mol. The molecule has 2 nitrogen and oxygen atoms in total. The lowest BCUT2D eigenvalue weighted by atomic mass is 10.0. The molecule has 2 rings (SSSR count). The van der Waals surface area contributed by atoms with E-state index in [1.165, 1.54) is 23.5 Å². The van der Waals surface area contributed by atoms with E-state index in [1.807, 2.05) is 16.8 Å². The molecule has 1 heterocycles. The Labute approximate surface area is 132 Å². The molecule has 2 N–H and O–H groups in total. The van der Waals surface area contributed by atoms with Gasteiger partial charge < -0.3 is 10.5 Å². The smallest absolute Gasteiger partial charge is 0.406 e. The molecule has 0 aliphatic rings. The topological polar surface area (TPSA) is 35.2 Å². The molecular formula is C12H10BrClF3NOS. The maximum atomic E-state index is 12.2. The number of ether oxygens (including phenoxy) is 1.